The van der Waals surface area contributed by atoms with Crippen molar-refractivity contribution in [1.82, 2.24) is 10.2 Å². The number of methoxy groups -OCH3 is 1. The third-order valence-electron chi connectivity index (χ3n) is 4.32. The van der Waals surface area contributed by atoms with Crippen LogP contribution in [0.15, 0.2) is 18.2 Å². The molecule has 0 aliphatic carbocycles. The number of nitrogens with one attached hydrogen (secondary N) is 1. The highest BCUT2D eigenvalue weighted by molar-refractivity contribution is 5.97. The van der Waals surface area contributed by atoms with Gasteiger partial charge in [0.2, 0.25) is 0 Å². The molecular weight excluding hydrogens is 264 g/mol. The molecule has 1 aliphatic rings. The van der Waals surface area contributed by atoms with E-state index in [1.54, 1.807) is 7.11 Å². The van der Waals surface area contributed by atoms with Gasteiger partial charge in [-0.3, -0.25) is 9.69 Å². The molecule has 0 aromatic heterocycles. The quantitative estimate of drug-likeness (QED) is 0.875. The van der Waals surface area contributed by atoms with Crippen molar-refractivity contribution < 1.29 is 9.53 Å². The first-order valence-electron chi connectivity index (χ1n) is 7.88. The Kier molecular flexibility index (Phi) is 5.62. The van der Waals surface area contributed by atoms with Crippen molar-refractivity contribution in [1.29, 1.82) is 0 Å². The number of hydrogen-bond acceptors (Lipinski definition) is 3. The van der Waals surface area contributed by atoms with Crippen LogP contribution < -0.4 is 10.1 Å². The summed E-state index contributed by atoms with van der Waals surface area (Å²) in [4.78, 5) is 14.9. The van der Waals surface area contributed by atoms with E-state index in [0.29, 0.717) is 23.9 Å². The summed E-state index contributed by atoms with van der Waals surface area (Å²) in [6, 6.07) is 6.28. The highest BCUT2D eigenvalue weighted by Gasteiger charge is 2.23. The van der Waals surface area contributed by atoms with Gasteiger partial charge in [-0.05, 0) is 50.0 Å². The van der Waals surface area contributed by atoms with Gasteiger partial charge in [-0.25, -0.2) is 0 Å². The molecule has 2 rings (SSSR count). The summed E-state index contributed by atoms with van der Waals surface area (Å²) in [5.74, 6) is 0.605. The zero-order valence-electron chi connectivity index (χ0n) is 13.3. The highest BCUT2D eigenvalue weighted by Crippen LogP contribution is 2.21. The zero-order chi connectivity index (χ0) is 15.2. The molecule has 0 bridgehead atoms. The van der Waals surface area contributed by atoms with Crippen molar-refractivity contribution >= 4 is 5.91 Å². The van der Waals surface area contributed by atoms with Crippen LogP contribution in [0.25, 0.3) is 0 Å². The molecule has 0 saturated carbocycles. The second-order valence-corrected chi connectivity index (χ2v) is 5.52. The number of nitrogens with zero attached hydrogens (tertiary/aromatic N) is 1. The van der Waals surface area contributed by atoms with Crippen LogP contribution in [0.4, 0.5) is 0 Å². The lowest BCUT2D eigenvalue weighted by Gasteiger charge is -2.23. The fraction of sp³-hybridized carbons (Fsp3) is 0.588. The third-order valence-corrected chi connectivity index (χ3v) is 4.32. The van der Waals surface area contributed by atoms with Crippen molar-refractivity contribution in [3.63, 3.8) is 0 Å². The van der Waals surface area contributed by atoms with Gasteiger partial charge in [0, 0.05) is 12.6 Å². The highest BCUT2D eigenvalue weighted by atomic mass is 16.5. The molecule has 1 heterocycles. The van der Waals surface area contributed by atoms with Gasteiger partial charge in [-0.2, -0.15) is 0 Å². The third kappa shape index (κ3) is 3.76. The van der Waals surface area contributed by atoms with Gasteiger partial charge in [-0.15, -0.1) is 0 Å². The lowest BCUT2D eigenvalue weighted by Crippen LogP contribution is -2.40. The molecule has 1 aliphatic heterocycles. The summed E-state index contributed by atoms with van der Waals surface area (Å²) in [7, 11) is 1.60. The predicted molar refractivity (Wildman–Crippen MR) is 85.0 cm³/mol. The largest absolute Gasteiger partial charge is 0.496 e. The zero-order valence-corrected chi connectivity index (χ0v) is 13.3. The number of amides is 1. The molecule has 1 saturated heterocycles. The molecule has 1 atom stereocenters. The van der Waals surface area contributed by atoms with Crippen molar-refractivity contribution in [2.45, 2.75) is 39.2 Å². The number of carbonyl (C=O) groups is 1. The van der Waals surface area contributed by atoms with Gasteiger partial charge in [0.15, 0.2) is 0 Å². The normalized spacial score (nSPS) is 18.7. The number of hydrogen-bond donors (Lipinski definition) is 1. The van der Waals surface area contributed by atoms with Gasteiger partial charge in [0.25, 0.3) is 5.91 Å². The fourth-order valence-corrected chi connectivity index (χ4v) is 3.00. The van der Waals surface area contributed by atoms with Crippen molar-refractivity contribution in [3.05, 3.63) is 29.3 Å². The fourth-order valence-electron chi connectivity index (χ4n) is 3.00. The maximum absolute atomic E-state index is 12.4. The van der Waals surface area contributed by atoms with E-state index in [4.69, 9.17) is 4.74 Å². The average Bonchev–Trinajstić information content (AvgIpc) is 2.99. The molecule has 1 amide bonds. The van der Waals surface area contributed by atoms with Gasteiger partial charge >= 0.3 is 0 Å². The first-order chi connectivity index (χ1) is 10.2. The number of carbonyl (C=O) groups excluding carboxylic acids is 1. The van der Waals surface area contributed by atoms with Crippen LogP contribution in [0.1, 0.15) is 42.6 Å². The molecule has 0 spiro atoms. The Labute approximate surface area is 127 Å². The molecule has 116 valence electrons. The molecule has 1 aromatic rings. The molecule has 1 aromatic carbocycles. The summed E-state index contributed by atoms with van der Waals surface area (Å²) in [5, 5.41) is 3.07. The lowest BCUT2D eigenvalue weighted by atomic mass is 10.1. The summed E-state index contributed by atoms with van der Waals surface area (Å²) in [6.45, 7) is 7.17. The second kappa shape index (κ2) is 7.46. The van der Waals surface area contributed by atoms with Crippen LogP contribution in [-0.4, -0.2) is 43.6 Å². The average molecular weight is 290 g/mol. The first kappa shape index (κ1) is 15.8. The Morgan fingerprint density at radius 1 is 1.43 bits per heavy atom. The Balaban J connectivity index is 2.02. The van der Waals surface area contributed by atoms with E-state index in [-0.39, 0.29) is 5.91 Å². The standard InChI is InChI=1S/C17H26N2O2/c1-4-13-8-9-16(21-3)15(11-13)17(20)18-12-14-7-6-10-19(14)5-2/h8-9,11,14H,4-7,10,12H2,1-3H3,(H,18,20)/t14-/m0/s1. The minimum Gasteiger partial charge on any atom is -0.496 e. The number of likely N-dealkylation sites (tertiary alicyclic amines) is 1. The summed E-state index contributed by atoms with van der Waals surface area (Å²) < 4.78 is 5.31. The molecule has 0 unspecified atom stereocenters. The first-order valence-corrected chi connectivity index (χ1v) is 7.88. The summed E-state index contributed by atoms with van der Waals surface area (Å²) >= 11 is 0. The van der Waals surface area contributed by atoms with E-state index in [2.05, 4.69) is 24.1 Å². The Hall–Kier alpha value is -1.55. The van der Waals surface area contributed by atoms with Crippen molar-refractivity contribution in [2.24, 2.45) is 0 Å². The summed E-state index contributed by atoms with van der Waals surface area (Å²) in [6.07, 6.45) is 3.31. The number of aryl methyl sites for hydroxylation is 1. The van der Waals surface area contributed by atoms with E-state index in [0.717, 1.165) is 25.1 Å². The van der Waals surface area contributed by atoms with Crippen molar-refractivity contribution in [3.8, 4) is 5.75 Å². The maximum Gasteiger partial charge on any atom is 0.255 e. The van der Waals surface area contributed by atoms with E-state index in [1.807, 2.05) is 18.2 Å². The Morgan fingerprint density at radius 3 is 2.90 bits per heavy atom. The second-order valence-electron chi connectivity index (χ2n) is 5.52. The van der Waals surface area contributed by atoms with E-state index < -0.39 is 0 Å². The van der Waals surface area contributed by atoms with Gasteiger partial charge in [0.1, 0.15) is 5.75 Å². The number of ether oxygens (including phenoxy) is 1. The lowest BCUT2D eigenvalue weighted by molar-refractivity contribution is 0.0938. The number of likely N-dealkylation sites (N-methyl/N-ethyl adjacent to an activating group) is 1. The Morgan fingerprint density at radius 2 is 2.24 bits per heavy atom. The van der Waals surface area contributed by atoms with Gasteiger partial charge in [-0.1, -0.05) is 19.9 Å². The molecular formula is C17H26N2O2. The van der Waals surface area contributed by atoms with E-state index >= 15 is 0 Å². The summed E-state index contributed by atoms with van der Waals surface area (Å²) in [5.41, 5.74) is 1.79. The molecule has 1 N–H and O–H groups in total. The topological polar surface area (TPSA) is 41.6 Å². The minimum atomic E-state index is -0.0369. The van der Waals surface area contributed by atoms with E-state index in [1.165, 1.54) is 12.8 Å². The molecule has 0 radical (unpaired) electrons. The molecule has 4 nitrogen and oxygen atoms in total. The minimum absolute atomic E-state index is 0.0369. The molecule has 1 fully saturated rings. The van der Waals surface area contributed by atoms with Crippen molar-refractivity contribution in [2.75, 3.05) is 26.7 Å². The van der Waals surface area contributed by atoms with Crippen LogP contribution in [0.5, 0.6) is 5.75 Å². The predicted octanol–water partition coefficient (Wildman–Crippen LogP) is 2.47. The van der Waals surface area contributed by atoms with Crippen LogP contribution in [-0.2, 0) is 6.42 Å². The van der Waals surface area contributed by atoms with Gasteiger partial charge < -0.3 is 10.1 Å². The van der Waals surface area contributed by atoms with Crippen LogP contribution in [0.2, 0.25) is 0 Å². The monoisotopic (exact) mass is 290 g/mol. The maximum atomic E-state index is 12.4. The van der Waals surface area contributed by atoms with Crippen LogP contribution in [0.3, 0.4) is 0 Å². The SMILES string of the molecule is CCc1ccc(OC)c(C(=O)NC[C@@H]2CCCN2CC)c1. The smallest absolute Gasteiger partial charge is 0.255 e. The molecule has 21 heavy (non-hydrogen) atoms. The number of rotatable bonds is 6. The number of benzene rings is 1. The van der Waals surface area contributed by atoms with E-state index in [9.17, 15) is 4.79 Å². The van der Waals surface area contributed by atoms with Crippen LogP contribution >= 0.6 is 0 Å². The van der Waals surface area contributed by atoms with Gasteiger partial charge in [0.05, 0.1) is 12.7 Å². The van der Waals surface area contributed by atoms with Crippen LogP contribution in [0, 0.1) is 0 Å². The molecule has 4 heteroatoms. The Bertz CT molecular complexity index is 488.